The predicted molar refractivity (Wildman–Crippen MR) is 80.1 cm³/mol. The van der Waals surface area contributed by atoms with Gasteiger partial charge in [-0.2, -0.15) is 0 Å². The van der Waals surface area contributed by atoms with Crippen molar-refractivity contribution in [2.75, 3.05) is 0 Å². The van der Waals surface area contributed by atoms with E-state index in [1.807, 2.05) is 0 Å². The first kappa shape index (κ1) is 24.0. The summed E-state index contributed by atoms with van der Waals surface area (Å²) in [6.45, 7) is 0. The summed E-state index contributed by atoms with van der Waals surface area (Å²) in [5.41, 5.74) is 0. The number of aliphatic carboxylic acids is 2. The standard InChI is InChI=1S/2C8H14O2.In.H2O/c2*9-8(10)7-5-3-1-2-4-6-7;;/h2*7H,1-6H2,(H,9,10);;1H2/q;;+3;/p-3. The van der Waals surface area contributed by atoms with Crippen molar-refractivity contribution in [3.05, 3.63) is 0 Å². The fourth-order valence-electron chi connectivity index (χ4n) is 3.03. The quantitative estimate of drug-likeness (QED) is 0.623. The summed E-state index contributed by atoms with van der Waals surface area (Å²) in [6.07, 6.45) is 12.4. The van der Waals surface area contributed by atoms with Gasteiger partial charge in [0, 0.05) is 11.9 Å². The predicted octanol–water partition coefficient (Wildman–Crippen LogP) is 0.856. The Morgan fingerprint density at radius 2 is 0.818 bits per heavy atom. The van der Waals surface area contributed by atoms with E-state index in [1.165, 1.54) is 25.7 Å². The van der Waals surface area contributed by atoms with Crippen LogP contribution in [0, 0.1) is 11.8 Å². The van der Waals surface area contributed by atoms with E-state index in [1.54, 1.807) is 0 Å². The normalized spacial score (nSPS) is 20.0. The molecule has 0 aromatic rings. The fourth-order valence-corrected chi connectivity index (χ4v) is 3.03. The molecule has 2 aliphatic carbocycles. The SMILES string of the molecule is O=C([O-])C1CCCCCC1.O=C([O-])C1CCCCCC1.[In+3].[OH-]. The van der Waals surface area contributed by atoms with E-state index in [0.29, 0.717) is 0 Å². The van der Waals surface area contributed by atoms with Gasteiger partial charge in [-0.3, -0.25) is 0 Å². The Morgan fingerprint density at radius 1 is 0.591 bits per heavy atom. The third-order valence-electron chi connectivity index (χ3n) is 4.38. The summed E-state index contributed by atoms with van der Waals surface area (Å²) in [4.78, 5) is 20.8. The number of carboxylic acids is 2. The molecule has 0 radical (unpaired) electrons. The van der Waals surface area contributed by atoms with Crippen LogP contribution in [-0.4, -0.2) is 43.3 Å². The largest absolute Gasteiger partial charge is 3.00 e. The molecule has 0 atom stereocenters. The van der Waals surface area contributed by atoms with Crippen LogP contribution in [0.5, 0.6) is 0 Å². The van der Waals surface area contributed by atoms with E-state index in [9.17, 15) is 19.8 Å². The monoisotopic (exact) mass is 414 g/mol. The average Bonchev–Trinajstić information content (AvgIpc) is 2.84. The van der Waals surface area contributed by atoms with E-state index in [2.05, 4.69) is 0 Å². The Labute approximate surface area is 152 Å². The summed E-state index contributed by atoms with van der Waals surface area (Å²) in [5.74, 6) is -1.99. The molecule has 0 aliphatic heterocycles. The minimum atomic E-state index is -0.845. The van der Waals surface area contributed by atoms with Crippen LogP contribution in [0.25, 0.3) is 0 Å². The number of hydrogen-bond donors (Lipinski definition) is 0. The Hall–Kier alpha value is -0.230. The van der Waals surface area contributed by atoms with Crippen LogP contribution < -0.4 is 10.2 Å². The molecule has 5 nitrogen and oxygen atoms in total. The van der Waals surface area contributed by atoms with Crippen molar-refractivity contribution in [1.82, 2.24) is 0 Å². The summed E-state index contributed by atoms with van der Waals surface area (Å²) in [5, 5.41) is 20.8. The molecule has 2 rings (SSSR count). The molecule has 2 saturated carbocycles. The minimum absolute atomic E-state index is 0. The maximum absolute atomic E-state index is 10.4. The van der Waals surface area contributed by atoms with Crippen molar-refractivity contribution in [2.24, 2.45) is 11.8 Å². The number of hydrogen-bond acceptors (Lipinski definition) is 5. The van der Waals surface area contributed by atoms with Crippen LogP contribution in [0.3, 0.4) is 0 Å². The van der Waals surface area contributed by atoms with Gasteiger partial charge in [-0.1, -0.05) is 51.4 Å². The molecule has 0 aromatic heterocycles. The fraction of sp³-hybridized carbons (Fsp3) is 0.875. The average molecular weight is 414 g/mol. The molecule has 0 spiro atoms. The zero-order chi connectivity index (χ0) is 14.8. The van der Waals surface area contributed by atoms with Crippen LogP contribution in [-0.2, 0) is 9.59 Å². The van der Waals surface area contributed by atoms with Gasteiger partial charge < -0.3 is 25.3 Å². The van der Waals surface area contributed by atoms with Crippen LogP contribution in [0.1, 0.15) is 77.0 Å². The minimum Gasteiger partial charge on any atom is -0.870 e. The first-order valence-electron chi connectivity index (χ1n) is 8.03. The molecule has 0 saturated heterocycles. The molecule has 124 valence electrons. The van der Waals surface area contributed by atoms with Crippen molar-refractivity contribution in [2.45, 2.75) is 77.0 Å². The summed E-state index contributed by atoms with van der Waals surface area (Å²) >= 11 is 0. The molecule has 2 aliphatic rings. The number of carbonyl (C=O) groups excluding carboxylic acids is 2. The van der Waals surface area contributed by atoms with Crippen LogP contribution in [0.15, 0.2) is 0 Å². The molecule has 22 heavy (non-hydrogen) atoms. The number of rotatable bonds is 2. The van der Waals surface area contributed by atoms with Crippen LogP contribution in [0.4, 0.5) is 0 Å². The Bertz CT molecular complexity index is 263. The van der Waals surface area contributed by atoms with Gasteiger partial charge in [-0.15, -0.1) is 0 Å². The molecule has 6 heteroatoms. The van der Waals surface area contributed by atoms with Gasteiger partial charge in [0.25, 0.3) is 0 Å². The van der Waals surface area contributed by atoms with E-state index in [-0.39, 0.29) is 43.2 Å². The third kappa shape index (κ3) is 10.5. The molecule has 0 aromatic carbocycles. The number of carbonyl (C=O) groups is 2. The summed E-state index contributed by atoms with van der Waals surface area (Å²) in [6, 6.07) is 0. The van der Waals surface area contributed by atoms with Gasteiger partial charge >= 0.3 is 25.8 Å². The number of carboxylic acid groups (broad SMARTS) is 2. The molecule has 1 N–H and O–H groups in total. The van der Waals surface area contributed by atoms with Crippen molar-refractivity contribution >= 4 is 37.8 Å². The van der Waals surface area contributed by atoms with Crippen molar-refractivity contribution < 1.29 is 25.3 Å². The van der Waals surface area contributed by atoms with Crippen LogP contribution >= 0.6 is 0 Å². The van der Waals surface area contributed by atoms with E-state index in [4.69, 9.17) is 0 Å². The second-order valence-corrected chi connectivity index (χ2v) is 6.02. The van der Waals surface area contributed by atoms with Crippen LogP contribution in [0.2, 0.25) is 0 Å². The molecule has 0 bridgehead atoms. The van der Waals surface area contributed by atoms with Gasteiger partial charge in [0.15, 0.2) is 0 Å². The van der Waals surface area contributed by atoms with Gasteiger partial charge in [-0.05, 0) is 37.5 Å². The molecule has 0 heterocycles. The second-order valence-electron chi connectivity index (χ2n) is 6.02. The Balaban J connectivity index is 0. The molecule has 0 amide bonds. The Kier molecular flexibility index (Phi) is 15.7. The zero-order valence-electron chi connectivity index (χ0n) is 13.3. The van der Waals surface area contributed by atoms with Gasteiger partial charge in [0.2, 0.25) is 0 Å². The van der Waals surface area contributed by atoms with Gasteiger partial charge in [-0.25, -0.2) is 0 Å². The van der Waals surface area contributed by atoms with Crippen molar-refractivity contribution in [3.63, 3.8) is 0 Å². The molecule has 2 fully saturated rings. The zero-order valence-corrected chi connectivity index (χ0v) is 16.6. The van der Waals surface area contributed by atoms with E-state index < -0.39 is 11.9 Å². The third-order valence-corrected chi connectivity index (χ3v) is 4.38. The Morgan fingerprint density at radius 3 is 1.00 bits per heavy atom. The van der Waals surface area contributed by atoms with E-state index in [0.717, 1.165) is 51.4 Å². The molecule has 0 unspecified atom stereocenters. The van der Waals surface area contributed by atoms with Crippen molar-refractivity contribution in [3.8, 4) is 0 Å². The van der Waals surface area contributed by atoms with Gasteiger partial charge in [0.05, 0.1) is 0 Å². The summed E-state index contributed by atoms with van der Waals surface area (Å²) in [7, 11) is 0. The maximum atomic E-state index is 10.4. The van der Waals surface area contributed by atoms with Crippen molar-refractivity contribution in [1.29, 1.82) is 0 Å². The topological polar surface area (TPSA) is 110 Å². The second kappa shape index (κ2) is 14.4. The first-order chi connectivity index (χ1) is 9.61. The maximum Gasteiger partial charge on any atom is 3.00 e. The van der Waals surface area contributed by atoms with Gasteiger partial charge in [0.1, 0.15) is 0 Å². The summed E-state index contributed by atoms with van der Waals surface area (Å²) < 4.78 is 0. The first-order valence-corrected chi connectivity index (χ1v) is 8.03. The smallest absolute Gasteiger partial charge is 0.870 e. The molecular weight excluding hydrogens is 387 g/mol. The van der Waals surface area contributed by atoms with E-state index >= 15 is 0 Å². The molecular formula is C16H27InO5.